The third kappa shape index (κ3) is 3.81. The van der Waals surface area contributed by atoms with E-state index in [9.17, 15) is 14.4 Å². The molecule has 7 nitrogen and oxygen atoms in total. The maximum Gasteiger partial charge on any atom is 0.254 e. The summed E-state index contributed by atoms with van der Waals surface area (Å²) in [6, 6.07) is 5.09. The average Bonchev–Trinajstić information content (AvgIpc) is 2.79. The molecule has 140 valence electrons. The van der Waals surface area contributed by atoms with Gasteiger partial charge in [-0.15, -0.1) is 0 Å². The van der Waals surface area contributed by atoms with Gasteiger partial charge in [-0.1, -0.05) is 20.8 Å². The van der Waals surface area contributed by atoms with Gasteiger partial charge < -0.3 is 19.9 Å². The summed E-state index contributed by atoms with van der Waals surface area (Å²) in [5.74, 6) is 0.458. The van der Waals surface area contributed by atoms with Crippen molar-refractivity contribution in [3.8, 4) is 5.75 Å². The summed E-state index contributed by atoms with van der Waals surface area (Å²) in [5, 5.41) is 2.77. The lowest BCUT2D eigenvalue weighted by Gasteiger charge is -2.37. The molecule has 26 heavy (non-hydrogen) atoms. The standard InChI is InChI=1S/C19H25N3O4/c1-19(2,3)18(25)22-9-7-21(8-10-22)17(24)13-4-5-15-14(12-13)20-16(23)6-11-26-15/h4-5,12H,6-11H2,1-3H3,(H,20,23). The van der Waals surface area contributed by atoms with E-state index in [0.29, 0.717) is 56.2 Å². The van der Waals surface area contributed by atoms with Crippen LogP contribution in [0.2, 0.25) is 0 Å². The molecule has 3 rings (SSSR count). The molecular weight excluding hydrogens is 334 g/mol. The molecule has 2 heterocycles. The Morgan fingerprint density at radius 1 is 1.08 bits per heavy atom. The lowest BCUT2D eigenvalue weighted by molar-refractivity contribution is -0.140. The van der Waals surface area contributed by atoms with Crippen molar-refractivity contribution in [2.75, 3.05) is 38.1 Å². The molecule has 0 aromatic heterocycles. The molecule has 0 radical (unpaired) electrons. The lowest BCUT2D eigenvalue weighted by Crippen LogP contribution is -2.53. The number of nitrogens with one attached hydrogen (secondary N) is 1. The molecule has 0 atom stereocenters. The van der Waals surface area contributed by atoms with Crippen LogP contribution in [0.4, 0.5) is 5.69 Å². The molecule has 3 amide bonds. The minimum atomic E-state index is -0.415. The second kappa shape index (κ2) is 6.97. The zero-order valence-electron chi connectivity index (χ0n) is 15.5. The summed E-state index contributed by atoms with van der Waals surface area (Å²) in [5.41, 5.74) is 0.617. The van der Waals surface area contributed by atoms with Crippen molar-refractivity contribution in [3.05, 3.63) is 23.8 Å². The van der Waals surface area contributed by atoms with E-state index in [-0.39, 0.29) is 17.7 Å². The number of hydrogen-bond acceptors (Lipinski definition) is 4. The number of ether oxygens (including phenoxy) is 1. The summed E-state index contributed by atoms with van der Waals surface area (Å²) in [7, 11) is 0. The van der Waals surface area contributed by atoms with Gasteiger partial charge in [-0.3, -0.25) is 14.4 Å². The van der Waals surface area contributed by atoms with E-state index in [1.165, 1.54) is 0 Å². The zero-order chi connectivity index (χ0) is 18.9. The highest BCUT2D eigenvalue weighted by Crippen LogP contribution is 2.29. The number of benzene rings is 1. The molecule has 0 spiro atoms. The predicted molar refractivity (Wildman–Crippen MR) is 97.1 cm³/mol. The Kier molecular flexibility index (Phi) is 4.89. The summed E-state index contributed by atoms with van der Waals surface area (Å²) in [6.07, 6.45) is 0.293. The molecule has 1 aromatic carbocycles. The highest BCUT2D eigenvalue weighted by molar-refractivity contribution is 5.99. The number of anilines is 1. The molecule has 1 saturated heterocycles. The highest BCUT2D eigenvalue weighted by atomic mass is 16.5. The fraction of sp³-hybridized carbons (Fsp3) is 0.526. The SMILES string of the molecule is CC(C)(C)C(=O)N1CCN(C(=O)c2ccc3c(c2)NC(=O)CCO3)CC1. The van der Waals surface area contributed by atoms with E-state index in [1.807, 2.05) is 25.7 Å². The van der Waals surface area contributed by atoms with Gasteiger partial charge in [-0.2, -0.15) is 0 Å². The van der Waals surface area contributed by atoms with E-state index in [4.69, 9.17) is 4.74 Å². The summed E-state index contributed by atoms with van der Waals surface area (Å²) >= 11 is 0. The third-order valence-corrected chi connectivity index (χ3v) is 4.58. The molecular formula is C19H25N3O4. The maximum absolute atomic E-state index is 12.8. The van der Waals surface area contributed by atoms with Crippen molar-refractivity contribution >= 4 is 23.4 Å². The third-order valence-electron chi connectivity index (χ3n) is 4.58. The number of amides is 3. The number of rotatable bonds is 1. The monoisotopic (exact) mass is 359 g/mol. The van der Waals surface area contributed by atoms with Crippen LogP contribution in [0.3, 0.4) is 0 Å². The normalized spacial score (nSPS) is 17.7. The average molecular weight is 359 g/mol. The summed E-state index contributed by atoms with van der Waals surface area (Å²) < 4.78 is 5.52. The smallest absolute Gasteiger partial charge is 0.254 e. The molecule has 7 heteroatoms. The van der Waals surface area contributed by atoms with E-state index < -0.39 is 5.41 Å². The maximum atomic E-state index is 12.8. The van der Waals surface area contributed by atoms with Crippen molar-refractivity contribution in [1.82, 2.24) is 9.80 Å². The van der Waals surface area contributed by atoms with Crippen LogP contribution in [-0.4, -0.2) is 60.3 Å². The second-order valence-corrected chi connectivity index (χ2v) is 7.69. The number of fused-ring (bicyclic) bond motifs is 1. The van der Waals surface area contributed by atoms with Gasteiger partial charge in [0.1, 0.15) is 5.75 Å². The Bertz CT molecular complexity index is 731. The number of nitrogens with zero attached hydrogens (tertiary/aromatic N) is 2. The van der Waals surface area contributed by atoms with Gasteiger partial charge in [-0.25, -0.2) is 0 Å². The first-order chi connectivity index (χ1) is 12.3. The molecule has 0 unspecified atom stereocenters. The Labute approximate surface area is 153 Å². The van der Waals surface area contributed by atoms with Crippen LogP contribution in [0.5, 0.6) is 5.75 Å². The van der Waals surface area contributed by atoms with Crippen LogP contribution >= 0.6 is 0 Å². The number of carbonyl (C=O) groups excluding carboxylic acids is 3. The lowest BCUT2D eigenvalue weighted by atomic mass is 9.94. The van der Waals surface area contributed by atoms with Gasteiger partial charge in [-0.05, 0) is 18.2 Å². The van der Waals surface area contributed by atoms with E-state index in [2.05, 4.69) is 5.32 Å². The largest absolute Gasteiger partial charge is 0.491 e. The Morgan fingerprint density at radius 3 is 2.38 bits per heavy atom. The van der Waals surface area contributed by atoms with Crippen LogP contribution in [0.1, 0.15) is 37.6 Å². The van der Waals surface area contributed by atoms with Gasteiger partial charge in [0.05, 0.1) is 18.7 Å². The van der Waals surface area contributed by atoms with Crippen LogP contribution in [0.25, 0.3) is 0 Å². The Balaban J connectivity index is 1.68. The molecule has 2 aliphatic heterocycles. The van der Waals surface area contributed by atoms with Crippen LogP contribution < -0.4 is 10.1 Å². The molecule has 0 bridgehead atoms. The Morgan fingerprint density at radius 2 is 1.73 bits per heavy atom. The minimum absolute atomic E-state index is 0.103. The zero-order valence-corrected chi connectivity index (χ0v) is 15.5. The van der Waals surface area contributed by atoms with Gasteiger partial charge in [0.2, 0.25) is 11.8 Å². The van der Waals surface area contributed by atoms with E-state index in [0.717, 1.165) is 0 Å². The van der Waals surface area contributed by atoms with Crippen molar-refractivity contribution < 1.29 is 19.1 Å². The molecule has 0 aliphatic carbocycles. The van der Waals surface area contributed by atoms with Gasteiger partial charge in [0.15, 0.2) is 0 Å². The fourth-order valence-electron chi connectivity index (χ4n) is 3.12. The second-order valence-electron chi connectivity index (χ2n) is 7.69. The predicted octanol–water partition coefficient (Wildman–Crippen LogP) is 1.74. The minimum Gasteiger partial charge on any atom is -0.491 e. The number of piperazine rings is 1. The van der Waals surface area contributed by atoms with Crippen LogP contribution in [0.15, 0.2) is 18.2 Å². The summed E-state index contributed by atoms with van der Waals surface area (Å²) in [4.78, 5) is 40.4. The molecule has 2 aliphatic rings. The number of carbonyl (C=O) groups is 3. The highest BCUT2D eigenvalue weighted by Gasteiger charge is 2.31. The van der Waals surface area contributed by atoms with Crippen molar-refractivity contribution in [2.45, 2.75) is 27.2 Å². The van der Waals surface area contributed by atoms with Crippen LogP contribution in [-0.2, 0) is 9.59 Å². The first-order valence-electron chi connectivity index (χ1n) is 8.91. The van der Waals surface area contributed by atoms with Crippen LogP contribution in [0, 0.1) is 5.41 Å². The first-order valence-corrected chi connectivity index (χ1v) is 8.91. The number of hydrogen-bond donors (Lipinski definition) is 1. The quantitative estimate of drug-likeness (QED) is 0.828. The van der Waals surface area contributed by atoms with Gasteiger partial charge in [0, 0.05) is 37.2 Å². The summed E-state index contributed by atoms with van der Waals surface area (Å²) in [6.45, 7) is 8.10. The molecule has 0 saturated carbocycles. The first kappa shape index (κ1) is 18.2. The van der Waals surface area contributed by atoms with E-state index >= 15 is 0 Å². The molecule has 1 fully saturated rings. The van der Waals surface area contributed by atoms with Gasteiger partial charge in [0.25, 0.3) is 5.91 Å². The van der Waals surface area contributed by atoms with E-state index in [1.54, 1.807) is 23.1 Å². The fourth-order valence-corrected chi connectivity index (χ4v) is 3.12. The molecule has 1 aromatic rings. The Hall–Kier alpha value is -2.57. The van der Waals surface area contributed by atoms with Crippen molar-refractivity contribution in [3.63, 3.8) is 0 Å². The van der Waals surface area contributed by atoms with Crippen molar-refractivity contribution in [2.24, 2.45) is 5.41 Å². The molecule has 1 N–H and O–H groups in total. The van der Waals surface area contributed by atoms with Crippen molar-refractivity contribution in [1.29, 1.82) is 0 Å². The topological polar surface area (TPSA) is 79.0 Å². The van der Waals surface area contributed by atoms with Gasteiger partial charge >= 0.3 is 0 Å².